The van der Waals surface area contributed by atoms with Crippen molar-refractivity contribution in [3.05, 3.63) is 0 Å². The molecule has 1 spiro atoms. The van der Waals surface area contributed by atoms with Crippen LogP contribution in [-0.2, 0) is 0 Å². The lowest BCUT2D eigenvalue weighted by Gasteiger charge is -2.37. The Bertz CT molecular complexity index is 220. The Morgan fingerprint density at radius 2 is 1.79 bits per heavy atom. The minimum absolute atomic E-state index is 0.455. The molecule has 2 rings (SSSR count). The Balaban J connectivity index is 2.14. The quantitative estimate of drug-likeness (QED) is 0.620. The number of hydrogen-bond donors (Lipinski definition) is 0. The second-order valence-electron chi connectivity index (χ2n) is 6.85. The van der Waals surface area contributed by atoms with E-state index in [-0.39, 0.29) is 0 Å². The van der Waals surface area contributed by atoms with E-state index in [0.717, 1.165) is 17.5 Å². The first-order valence-corrected chi connectivity index (χ1v) is 6.10. The molecule has 1 saturated heterocycles. The summed E-state index contributed by atoms with van der Waals surface area (Å²) >= 11 is 0. The van der Waals surface area contributed by atoms with Gasteiger partial charge in [-0.05, 0) is 43.9 Å². The molecule has 1 aliphatic heterocycles. The average molecular weight is 195 g/mol. The summed E-state index contributed by atoms with van der Waals surface area (Å²) in [5.41, 5.74) is 1.21. The van der Waals surface area contributed by atoms with Crippen molar-refractivity contribution in [1.82, 2.24) is 4.90 Å². The van der Waals surface area contributed by atoms with Gasteiger partial charge in [0.2, 0.25) is 0 Å². The highest BCUT2D eigenvalue weighted by Gasteiger charge is 2.54. The predicted molar refractivity (Wildman–Crippen MR) is 61.4 cm³/mol. The fraction of sp³-hybridized carbons (Fsp3) is 1.00. The Morgan fingerprint density at radius 3 is 2.07 bits per heavy atom. The summed E-state index contributed by atoms with van der Waals surface area (Å²) < 4.78 is 0. The van der Waals surface area contributed by atoms with Crippen molar-refractivity contribution in [2.75, 3.05) is 6.54 Å². The van der Waals surface area contributed by atoms with Crippen molar-refractivity contribution < 1.29 is 0 Å². The summed E-state index contributed by atoms with van der Waals surface area (Å²) in [6, 6.07) is 1.53. The summed E-state index contributed by atoms with van der Waals surface area (Å²) in [6.45, 7) is 13.3. The van der Waals surface area contributed by atoms with Crippen LogP contribution in [-0.4, -0.2) is 23.5 Å². The summed E-state index contributed by atoms with van der Waals surface area (Å²) in [6.07, 6.45) is 4.43. The second-order valence-corrected chi connectivity index (χ2v) is 6.85. The van der Waals surface area contributed by atoms with Gasteiger partial charge in [0.15, 0.2) is 0 Å². The lowest BCUT2D eigenvalue weighted by Crippen LogP contribution is -2.43. The normalized spacial score (nSPS) is 31.7. The van der Waals surface area contributed by atoms with Crippen molar-refractivity contribution in [3.8, 4) is 0 Å². The zero-order valence-corrected chi connectivity index (χ0v) is 10.4. The maximum absolute atomic E-state index is 2.74. The van der Waals surface area contributed by atoms with E-state index in [9.17, 15) is 0 Å². The van der Waals surface area contributed by atoms with Crippen LogP contribution in [0.15, 0.2) is 0 Å². The molecule has 1 unspecified atom stereocenters. The van der Waals surface area contributed by atoms with Crippen molar-refractivity contribution in [2.24, 2.45) is 10.8 Å². The molecule has 0 radical (unpaired) electrons. The SMILES string of the molecule is CC(C)N1CC2(CC2)CC1C(C)(C)C. The summed E-state index contributed by atoms with van der Waals surface area (Å²) in [4.78, 5) is 2.74. The molecule has 2 aliphatic rings. The molecule has 1 aliphatic carbocycles. The van der Waals surface area contributed by atoms with E-state index in [1.165, 1.54) is 25.8 Å². The summed E-state index contributed by atoms with van der Waals surface area (Å²) in [5.74, 6) is 0. The molecule has 0 aromatic carbocycles. The lowest BCUT2D eigenvalue weighted by atomic mass is 9.83. The van der Waals surface area contributed by atoms with Gasteiger partial charge >= 0.3 is 0 Å². The van der Waals surface area contributed by atoms with Crippen LogP contribution in [0.5, 0.6) is 0 Å². The highest BCUT2D eigenvalue weighted by atomic mass is 15.2. The number of rotatable bonds is 1. The third-order valence-corrected chi connectivity index (χ3v) is 4.16. The number of hydrogen-bond acceptors (Lipinski definition) is 1. The molecular weight excluding hydrogens is 170 g/mol. The molecule has 0 N–H and O–H groups in total. The molecule has 1 heterocycles. The van der Waals surface area contributed by atoms with Gasteiger partial charge in [0.05, 0.1) is 0 Å². The van der Waals surface area contributed by atoms with Crippen molar-refractivity contribution in [3.63, 3.8) is 0 Å². The third kappa shape index (κ3) is 1.71. The van der Waals surface area contributed by atoms with E-state index in [2.05, 4.69) is 39.5 Å². The maximum atomic E-state index is 2.74. The van der Waals surface area contributed by atoms with Gasteiger partial charge in [-0.25, -0.2) is 0 Å². The predicted octanol–water partition coefficient (Wildman–Crippen LogP) is 3.30. The van der Waals surface area contributed by atoms with Crippen LogP contribution in [0.3, 0.4) is 0 Å². The van der Waals surface area contributed by atoms with Gasteiger partial charge in [-0.3, -0.25) is 4.90 Å². The molecular formula is C13H25N. The fourth-order valence-corrected chi connectivity index (χ4v) is 2.97. The smallest absolute Gasteiger partial charge is 0.0152 e. The van der Waals surface area contributed by atoms with Crippen LogP contribution >= 0.6 is 0 Å². The molecule has 1 heteroatoms. The van der Waals surface area contributed by atoms with Gasteiger partial charge < -0.3 is 0 Å². The van der Waals surface area contributed by atoms with E-state index in [1.54, 1.807) is 0 Å². The Morgan fingerprint density at radius 1 is 1.21 bits per heavy atom. The average Bonchev–Trinajstić information content (AvgIpc) is 2.58. The largest absolute Gasteiger partial charge is 0.297 e. The van der Waals surface area contributed by atoms with E-state index in [1.807, 2.05) is 0 Å². The molecule has 82 valence electrons. The second kappa shape index (κ2) is 2.98. The van der Waals surface area contributed by atoms with Gasteiger partial charge in [-0.2, -0.15) is 0 Å². The molecule has 1 saturated carbocycles. The van der Waals surface area contributed by atoms with Crippen molar-refractivity contribution >= 4 is 0 Å². The van der Waals surface area contributed by atoms with E-state index < -0.39 is 0 Å². The molecule has 0 amide bonds. The molecule has 1 atom stereocenters. The monoisotopic (exact) mass is 195 g/mol. The van der Waals surface area contributed by atoms with Crippen molar-refractivity contribution in [1.29, 1.82) is 0 Å². The van der Waals surface area contributed by atoms with Crippen LogP contribution in [0.1, 0.15) is 53.9 Å². The zero-order chi connectivity index (χ0) is 10.6. The van der Waals surface area contributed by atoms with Gasteiger partial charge in [0.1, 0.15) is 0 Å². The Labute approximate surface area is 88.9 Å². The van der Waals surface area contributed by atoms with Crippen LogP contribution in [0, 0.1) is 10.8 Å². The van der Waals surface area contributed by atoms with Gasteiger partial charge in [-0.1, -0.05) is 20.8 Å². The Kier molecular flexibility index (Phi) is 2.23. The van der Waals surface area contributed by atoms with E-state index in [4.69, 9.17) is 0 Å². The standard InChI is InChI=1S/C13H25N/c1-10(2)14-9-13(6-7-13)8-11(14)12(3,4)5/h10-11H,6-9H2,1-5H3. The first-order valence-electron chi connectivity index (χ1n) is 6.10. The fourth-order valence-electron chi connectivity index (χ4n) is 2.97. The zero-order valence-electron chi connectivity index (χ0n) is 10.4. The molecule has 2 fully saturated rings. The minimum Gasteiger partial charge on any atom is -0.297 e. The number of nitrogens with zero attached hydrogens (tertiary/aromatic N) is 1. The van der Waals surface area contributed by atoms with Crippen molar-refractivity contribution in [2.45, 2.75) is 66.0 Å². The maximum Gasteiger partial charge on any atom is 0.0152 e. The van der Waals surface area contributed by atoms with Crippen LogP contribution in [0.25, 0.3) is 0 Å². The van der Waals surface area contributed by atoms with E-state index in [0.29, 0.717) is 5.41 Å². The van der Waals surface area contributed by atoms with E-state index >= 15 is 0 Å². The van der Waals surface area contributed by atoms with Crippen LogP contribution < -0.4 is 0 Å². The Hall–Kier alpha value is -0.0400. The lowest BCUT2D eigenvalue weighted by molar-refractivity contribution is 0.111. The van der Waals surface area contributed by atoms with Gasteiger partial charge in [0, 0.05) is 18.6 Å². The highest BCUT2D eigenvalue weighted by Crippen LogP contribution is 2.57. The summed E-state index contributed by atoms with van der Waals surface area (Å²) in [5, 5.41) is 0. The number of likely N-dealkylation sites (tertiary alicyclic amines) is 1. The first kappa shape index (κ1) is 10.5. The van der Waals surface area contributed by atoms with Gasteiger partial charge in [0.25, 0.3) is 0 Å². The minimum atomic E-state index is 0.455. The van der Waals surface area contributed by atoms with Gasteiger partial charge in [-0.15, -0.1) is 0 Å². The molecule has 14 heavy (non-hydrogen) atoms. The highest BCUT2D eigenvalue weighted by molar-refractivity contribution is 5.07. The molecule has 0 aromatic heterocycles. The topological polar surface area (TPSA) is 3.24 Å². The third-order valence-electron chi connectivity index (χ3n) is 4.16. The molecule has 0 bridgehead atoms. The molecule has 1 nitrogen and oxygen atoms in total. The summed E-state index contributed by atoms with van der Waals surface area (Å²) in [7, 11) is 0. The van der Waals surface area contributed by atoms with Crippen LogP contribution in [0.4, 0.5) is 0 Å². The van der Waals surface area contributed by atoms with Crippen LogP contribution in [0.2, 0.25) is 0 Å². The molecule has 0 aromatic rings. The first-order chi connectivity index (χ1) is 6.34.